The van der Waals surface area contributed by atoms with Crippen molar-refractivity contribution in [2.24, 2.45) is 0 Å². The Balaban J connectivity index is 1.60. The first-order valence-electron chi connectivity index (χ1n) is 10.2. The van der Waals surface area contributed by atoms with Gasteiger partial charge in [0.2, 0.25) is 5.91 Å². The summed E-state index contributed by atoms with van der Waals surface area (Å²) in [4.78, 5) is 32.8. The van der Waals surface area contributed by atoms with E-state index in [-0.39, 0.29) is 30.2 Å². The fourth-order valence-corrected chi connectivity index (χ4v) is 4.56. The van der Waals surface area contributed by atoms with Crippen LogP contribution in [0.4, 0.5) is 0 Å². The lowest BCUT2D eigenvalue weighted by Crippen LogP contribution is -2.49. The highest BCUT2D eigenvalue weighted by atomic mass is 16.2. The maximum Gasteiger partial charge on any atom is 0.352 e. The van der Waals surface area contributed by atoms with Gasteiger partial charge in [-0.15, -0.1) is 5.10 Å². The molecule has 0 N–H and O–H groups in total. The minimum absolute atomic E-state index is 0.0202. The zero-order valence-corrected chi connectivity index (χ0v) is 16.3. The van der Waals surface area contributed by atoms with Crippen molar-refractivity contribution < 1.29 is 4.79 Å². The van der Waals surface area contributed by atoms with Crippen LogP contribution in [0.3, 0.4) is 0 Å². The first-order chi connectivity index (χ1) is 13.5. The van der Waals surface area contributed by atoms with Crippen LogP contribution >= 0.6 is 0 Å². The molecule has 1 saturated carbocycles. The van der Waals surface area contributed by atoms with E-state index in [9.17, 15) is 9.59 Å². The third-order valence-corrected chi connectivity index (χ3v) is 6.16. The second-order valence-corrected chi connectivity index (χ2v) is 8.29. The molecule has 2 aromatic heterocycles. The number of benzene rings is 1. The number of piperidine rings is 1. The molecule has 3 aromatic rings. The number of fused-ring (bicyclic) bond motifs is 3. The van der Waals surface area contributed by atoms with Crippen LogP contribution in [-0.2, 0) is 11.3 Å². The summed E-state index contributed by atoms with van der Waals surface area (Å²) in [6, 6.07) is 8.16. The van der Waals surface area contributed by atoms with Crippen molar-refractivity contribution in [3.63, 3.8) is 0 Å². The molecule has 1 aromatic carbocycles. The van der Waals surface area contributed by atoms with Gasteiger partial charge in [-0.3, -0.25) is 4.79 Å². The lowest BCUT2D eigenvalue weighted by molar-refractivity contribution is -0.138. The van der Waals surface area contributed by atoms with Gasteiger partial charge in [0.1, 0.15) is 12.4 Å². The van der Waals surface area contributed by atoms with Crippen LogP contribution in [0.15, 0.2) is 29.1 Å². The van der Waals surface area contributed by atoms with Crippen LogP contribution in [0.2, 0.25) is 0 Å². The van der Waals surface area contributed by atoms with E-state index in [0.717, 1.165) is 48.8 Å². The first-order valence-corrected chi connectivity index (χ1v) is 10.2. The number of hydrogen-bond acceptors (Lipinski definition) is 4. The van der Waals surface area contributed by atoms with Crippen LogP contribution < -0.4 is 5.69 Å². The van der Waals surface area contributed by atoms with Crippen molar-refractivity contribution in [2.75, 3.05) is 0 Å². The van der Waals surface area contributed by atoms with Gasteiger partial charge in [0.15, 0.2) is 5.65 Å². The van der Waals surface area contributed by atoms with Crippen LogP contribution in [0.25, 0.3) is 16.6 Å². The summed E-state index contributed by atoms with van der Waals surface area (Å²) in [6.07, 6.45) is 5.25. The van der Waals surface area contributed by atoms with Gasteiger partial charge in [-0.05, 0) is 58.1 Å². The van der Waals surface area contributed by atoms with Gasteiger partial charge in [-0.2, -0.15) is 0 Å². The molecule has 146 valence electrons. The van der Waals surface area contributed by atoms with E-state index < -0.39 is 0 Å². The highest BCUT2D eigenvalue weighted by molar-refractivity contribution is 5.91. The van der Waals surface area contributed by atoms with E-state index in [1.165, 1.54) is 4.68 Å². The molecule has 5 rings (SSSR count). The molecule has 3 heterocycles. The number of likely N-dealkylation sites (tertiary alicyclic amines) is 1. The molecule has 28 heavy (non-hydrogen) atoms. The molecule has 1 aliphatic carbocycles. The number of hydrogen-bond donors (Lipinski definition) is 0. The van der Waals surface area contributed by atoms with Crippen molar-refractivity contribution >= 4 is 22.5 Å². The Morgan fingerprint density at radius 2 is 1.82 bits per heavy atom. The molecule has 1 saturated heterocycles. The van der Waals surface area contributed by atoms with Gasteiger partial charge in [-0.25, -0.2) is 18.9 Å². The van der Waals surface area contributed by atoms with Crippen LogP contribution in [0.1, 0.15) is 57.7 Å². The third-order valence-electron chi connectivity index (χ3n) is 6.16. The Morgan fingerprint density at radius 1 is 1.11 bits per heavy atom. The lowest BCUT2D eigenvalue weighted by Gasteiger charge is -2.39. The van der Waals surface area contributed by atoms with Gasteiger partial charge in [-0.1, -0.05) is 12.1 Å². The summed E-state index contributed by atoms with van der Waals surface area (Å²) in [6.45, 7) is 4.15. The number of amides is 1. The molecule has 2 fully saturated rings. The van der Waals surface area contributed by atoms with Crippen molar-refractivity contribution in [3.8, 4) is 0 Å². The fourth-order valence-electron chi connectivity index (χ4n) is 4.56. The van der Waals surface area contributed by atoms with Gasteiger partial charge in [0.05, 0.1) is 5.52 Å². The summed E-state index contributed by atoms with van der Waals surface area (Å²) >= 11 is 0. The standard InChI is InChI=1S/C21H25N5O2/c1-13-6-5-7-14(2)25(13)18(27)12-24-21(28)26-19(15-10-11-15)22-17-9-4-3-8-16(17)20(26)23-24/h3-4,8-9,13-15H,5-7,10-12H2,1-2H3/t13-,14+. The summed E-state index contributed by atoms with van der Waals surface area (Å²) in [5.74, 6) is 1.05. The molecule has 2 aliphatic rings. The van der Waals surface area contributed by atoms with Crippen molar-refractivity contribution in [2.45, 2.75) is 70.5 Å². The van der Waals surface area contributed by atoms with Crippen LogP contribution in [-0.4, -0.2) is 42.1 Å². The second-order valence-electron chi connectivity index (χ2n) is 8.29. The maximum absolute atomic E-state index is 13.2. The highest BCUT2D eigenvalue weighted by Gasteiger charge is 2.32. The van der Waals surface area contributed by atoms with Gasteiger partial charge in [0.25, 0.3) is 0 Å². The van der Waals surface area contributed by atoms with Crippen LogP contribution in [0.5, 0.6) is 0 Å². The summed E-state index contributed by atoms with van der Waals surface area (Å²) in [5.41, 5.74) is 1.18. The zero-order valence-electron chi connectivity index (χ0n) is 16.3. The van der Waals surface area contributed by atoms with Crippen molar-refractivity contribution in [1.82, 2.24) is 24.1 Å². The second kappa shape index (κ2) is 6.43. The minimum atomic E-state index is -0.263. The number of para-hydroxylation sites is 1. The molecule has 7 nitrogen and oxygen atoms in total. The van der Waals surface area contributed by atoms with Crippen molar-refractivity contribution in [3.05, 3.63) is 40.6 Å². The topological polar surface area (TPSA) is 72.5 Å². The number of nitrogens with zero attached hydrogens (tertiary/aromatic N) is 5. The summed E-state index contributed by atoms with van der Waals surface area (Å²) < 4.78 is 2.95. The average molecular weight is 379 g/mol. The van der Waals surface area contributed by atoms with Gasteiger partial charge < -0.3 is 4.90 Å². The normalized spacial score (nSPS) is 22.9. The smallest absolute Gasteiger partial charge is 0.336 e. The zero-order chi connectivity index (χ0) is 19.4. The maximum atomic E-state index is 13.2. The van der Waals surface area contributed by atoms with E-state index in [0.29, 0.717) is 11.6 Å². The Morgan fingerprint density at radius 3 is 2.54 bits per heavy atom. The van der Waals surface area contributed by atoms with Crippen molar-refractivity contribution in [1.29, 1.82) is 0 Å². The molecular formula is C21H25N5O2. The van der Waals surface area contributed by atoms with E-state index in [1.807, 2.05) is 29.2 Å². The predicted molar refractivity (Wildman–Crippen MR) is 106 cm³/mol. The Hall–Kier alpha value is -2.70. The summed E-state index contributed by atoms with van der Waals surface area (Å²) in [7, 11) is 0. The molecule has 7 heteroatoms. The van der Waals surface area contributed by atoms with E-state index >= 15 is 0 Å². The Labute approximate surface area is 163 Å². The Kier molecular flexibility index (Phi) is 4.00. The lowest BCUT2D eigenvalue weighted by atomic mass is 9.97. The molecular weight excluding hydrogens is 354 g/mol. The molecule has 0 unspecified atom stereocenters. The van der Waals surface area contributed by atoms with Gasteiger partial charge in [0, 0.05) is 23.4 Å². The summed E-state index contributed by atoms with van der Waals surface area (Å²) in [5, 5.41) is 5.42. The average Bonchev–Trinajstić information content (AvgIpc) is 3.47. The van der Waals surface area contributed by atoms with E-state index in [2.05, 4.69) is 18.9 Å². The molecule has 0 bridgehead atoms. The van der Waals surface area contributed by atoms with Gasteiger partial charge >= 0.3 is 5.69 Å². The molecule has 1 aliphatic heterocycles. The molecule has 0 radical (unpaired) electrons. The number of rotatable bonds is 3. The van der Waals surface area contributed by atoms with E-state index in [4.69, 9.17) is 4.98 Å². The first kappa shape index (κ1) is 17.4. The monoisotopic (exact) mass is 379 g/mol. The van der Waals surface area contributed by atoms with Crippen LogP contribution in [0, 0.1) is 0 Å². The molecule has 1 amide bonds. The van der Waals surface area contributed by atoms with E-state index in [1.54, 1.807) is 4.40 Å². The Bertz CT molecular complexity index is 1120. The third kappa shape index (κ3) is 2.72. The largest absolute Gasteiger partial charge is 0.352 e. The predicted octanol–water partition coefficient (Wildman–Crippen LogP) is 2.71. The molecule has 2 atom stereocenters. The number of aromatic nitrogens is 4. The minimum Gasteiger partial charge on any atom is -0.336 e. The number of carbonyl (C=O) groups excluding carboxylic acids is 1. The number of carbonyl (C=O) groups is 1. The highest BCUT2D eigenvalue weighted by Crippen LogP contribution is 2.39. The quantitative estimate of drug-likeness (QED) is 0.701. The SMILES string of the molecule is C[C@@H]1CCC[C@H](C)N1C(=O)Cn1nc2c3ccccc3nc(C3CC3)n2c1=O. The molecule has 0 spiro atoms. The fraction of sp³-hybridized carbons (Fsp3) is 0.524.